The van der Waals surface area contributed by atoms with E-state index in [-0.39, 0.29) is 0 Å². The lowest BCUT2D eigenvalue weighted by atomic mass is 10.1. The fraction of sp³-hybridized carbons (Fsp3) is 0.200. The fourth-order valence-corrected chi connectivity index (χ4v) is 2.14. The summed E-state index contributed by atoms with van der Waals surface area (Å²) in [7, 11) is 0. The van der Waals surface area contributed by atoms with Gasteiger partial charge in [0, 0.05) is 24.6 Å². The molecule has 0 radical (unpaired) electrons. The van der Waals surface area contributed by atoms with Crippen LogP contribution < -0.4 is 0 Å². The molecular formula is C15H13N5. The van der Waals surface area contributed by atoms with E-state index < -0.39 is 0 Å². The van der Waals surface area contributed by atoms with Crippen molar-refractivity contribution < 1.29 is 0 Å². The molecule has 2 aromatic heterocycles. The van der Waals surface area contributed by atoms with E-state index in [1.807, 2.05) is 31.2 Å². The lowest BCUT2D eigenvalue weighted by Gasteiger charge is -2.03. The van der Waals surface area contributed by atoms with Gasteiger partial charge in [-0.25, -0.2) is 15.0 Å². The minimum absolute atomic E-state index is 0.433. The third kappa shape index (κ3) is 2.36. The Morgan fingerprint density at radius 3 is 3.00 bits per heavy atom. The molecule has 98 valence electrons. The number of nitrogens with zero attached hydrogens (tertiary/aromatic N) is 4. The quantitative estimate of drug-likeness (QED) is 0.788. The molecule has 5 heteroatoms. The first kappa shape index (κ1) is 12.3. The second-order valence-electron chi connectivity index (χ2n) is 4.57. The van der Waals surface area contributed by atoms with E-state index in [1.165, 1.54) is 0 Å². The summed E-state index contributed by atoms with van der Waals surface area (Å²) in [5.41, 5.74) is 3.83. The molecule has 1 N–H and O–H groups in total. The minimum atomic E-state index is 0.433. The molecule has 0 unspecified atom stereocenters. The van der Waals surface area contributed by atoms with Crippen molar-refractivity contribution in [2.45, 2.75) is 19.8 Å². The third-order valence-corrected chi connectivity index (χ3v) is 3.06. The van der Waals surface area contributed by atoms with Crippen molar-refractivity contribution in [1.82, 2.24) is 19.9 Å². The number of hydrogen-bond donors (Lipinski definition) is 1. The molecule has 0 saturated heterocycles. The molecule has 20 heavy (non-hydrogen) atoms. The van der Waals surface area contributed by atoms with Crippen molar-refractivity contribution in [3.8, 4) is 17.3 Å². The molecule has 1 aromatic carbocycles. The van der Waals surface area contributed by atoms with Gasteiger partial charge in [0.25, 0.3) is 0 Å². The lowest BCUT2D eigenvalue weighted by molar-refractivity contribution is 0.887. The Kier molecular flexibility index (Phi) is 3.13. The van der Waals surface area contributed by atoms with Gasteiger partial charge in [0.2, 0.25) is 0 Å². The number of hydrogen-bond acceptors (Lipinski definition) is 4. The first-order valence-electron chi connectivity index (χ1n) is 6.42. The summed E-state index contributed by atoms with van der Waals surface area (Å²) in [5.74, 6) is 1.60. The second-order valence-corrected chi connectivity index (χ2v) is 4.57. The van der Waals surface area contributed by atoms with E-state index in [4.69, 9.17) is 5.26 Å². The van der Waals surface area contributed by atoms with Crippen LogP contribution >= 0.6 is 0 Å². The summed E-state index contributed by atoms with van der Waals surface area (Å²) in [5, 5.41) is 8.62. The fourth-order valence-electron chi connectivity index (χ4n) is 2.14. The van der Waals surface area contributed by atoms with Crippen molar-refractivity contribution in [1.29, 1.82) is 5.26 Å². The molecule has 3 aromatic rings. The SMILES string of the molecule is Cc1nc2ccc(-c3ccnc(CCC#N)n3)cc2[nH]1. The van der Waals surface area contributed by atoms with Gasteiger partial charge >= 0.3 is 0 Å². The number of aromatic nitrogens is 4. The Hall–Kier alpha value is -2.74. The molecule has 0 aliphatic heterocycles. The van der Waals surface area contributed by atoms with E-state index in [2.05, 4.69) is 26.0 Å². The van der Waals surface area contributed by atoms with Crippen LogP contribution in [0.15, 0.2) is 30.5 Å². The van der Waals surface area contributed by atoms with E-state index >= 15 is 0 Å². The smallest absolute Gasteiger partial charge is 0.129 e. The van der Waals surface area contributed by atoms with Gasteiger partial charge in [0.1, 0.15) is 11.6 Å². The highest BCUT2D eigenvalue weighted by Crippen LogP contribution is 2.21. The Morgan fingerprint density at radius 2 is 2.15 bits per heavy atom. The number of rotatable bonds is 3. The molecule has 0 bridgehead atoms. The maximum absolute atomic E-state index is 8.62. The second kappa shape index (κ2) is 5.10. The van der Waals surface area contributed by atoms with E-state index in [9.17, 15) is 0 Å². The molecule has 2 heterocycles. The first-order valence-corrected chi connectivity index (χ1v) is 6.42. The van der Waals surface area contributed by atoms with Gasteiger partial charge in [-0.05, 0) is 25.1 Å². The molecular weight excluding hydrogens is 250 g/mol. The minimum Gasteiger partial charge on any atom is -0.342 e. The van der Waals surface area contributed by atoms with Crippen molar-refractivity contribution in [2.75, 3.05) is 0 Å². The van der Waals surface area contributed by atoms with Crippen LogP contribution in [0.4, 0.5) is 0 Å². The van der Waals surface area contributed by atoms with E-state index in [0.29, 0.717) is 18.7 Å². The number of aromatic amines is 1. The van der Waals surface area contributed by atoms with Crippen LogP contribution in [0.5, 0.6) is 0 Å². The standard InChI is InChI=1S/C15H13N5/c1-10-18-13-5-4-11(9-14(13)19-10)12-6-8-17-15(20-12)3-2-7-16/h4-6,8-9H,2-3H2,1H3,(H,18,19). The maximum Gasteiger partial charge on any atom is 0.129 e. The predicted molar refractivity (Wildman–Crippen MR) is 75.8 cm³/mol. The number of nitriles is 1. The molecule has 0 amide bonds. The largest absolute Gasteiger partial charge is 0.342 e. The zero-order valence-corrected chi connectivity index (χ0v) is 11.1. The summed E-state index contributed by atoms with van der Waals surface area (Å²) >= 11 is 0. The summed E-state index contributed by atoms with van der Waals surface area (Å²) < 4.78 is 0. The molecule has 0 aliphatic rings. The lowest BCUT2D eigenvalue weighted by Crippen LogP contribution is -1.95. The van der Waals surface area contributed by atoms with Gasteiger partial charge in [-0.15, -0.1) is 0 Å². The number of fused-ring (bicyclic) bond motifs is 1. The van der Waals surface area contributed by atoms with Gasteiger partial charge in [-0.2, -0.15) is 5.26 Å². The molecule has 3 rings (SSSR count). The highest BCUT2D eigenvalue weighted by atomic mass is 14.9. The Balaban J connectivity index is 1.99. The molecule has 0 fully saturated rings. The van der Waals surface area contributed by atoms with Crippen molar-refractivity contribution in [3.63, 3.8) is 0 Å². The van der Waals surface area contributed by atoms with Crippen LogP contribution in [-0.2, 0) is 6.42 Å². The van der Waals surface area contributed by atoms with Gasteiger partial charge < -0.3 is 4.98 Å². The maximum atomic E-state index is 8.62. The zero-order valence-electron chi connectivity index (χ0n) is 11.1. The average Bonchev–Trinajstić information content (AvgIpc) is 2.84. The van der Waals surface area contributed by atoms with E-state index in [1.54, 1.807) is 6.20 Å². The molecule has 0 saturated carbocycles. The molecule has 0 atom stereocenters. The predicted octanol–water partition coefficient (Wildman–Crippen LogP) is 2.78. The van der Waals surface area contributed by atoms with Crippen molar-refractivity contribution in [3.05, 3.63) is 42.1 Å². The number of H-pyrrole nitrogens is 1. The normalized spacial score (nSPS) is 10.6. The number of imidazole rings is 1. The Labute approximate surface area is 116 Å². The number of benzene rings is 1. The summed E-state index contributed by atoms with van der Waals surface area (Å²) in [6.45, 7) is 1.93. The van der Waals surface area contributed by atoms with E-state index in [0.717, 1.165) is 28.1 Å². The number of nitrogens with one attached hydrogen (secondary N) is 1. The summed E-state index contributed by atoms with van der Waals surface area (Å²) in [6, 6.07) is 9.99. The van der Waals surface area contributed by atoms with Crippen LogP contribution in [-0.4, -0.2) is 19.9 Å². The van der Waals surface area contributed by atoms with Gasteiger partial charge in [-0.1, -0.05) is 6.07 Å². The summed E-state index contributed by atoms with van der Waals surface area (Å²) in [6.07, 6.45) is 2.75. The van der Waals surface area contributed by atoms with Crippen molar-refractivity contribution >= 4 is 11.0 Å². The number of aryl methyl sites for hydroxylation is 2. The zero-order chi connectivity index (χ0) is 13.9. The van der Waals surface area contributed by atoms with Crippen LogP contribution in [0.3, 0.4) is 0 Å². The highest BCUT2D eigenvalue weighted by Gasteiger charge is 2.05. The average molecular weight is 263 g/mol. The first-order chi connectivity index (χ1) is 9.76. The van der Waals surface area contributed by atoms with Crippen molar-refractivity contribution in [2.24, 2.45) is 0 Å². The Bertz CT molecular complexity index is 797. The van der Waals surface area contributed by atoms with Gasteiger partial charge in [0.05, 0.1) is 22.8 Å². The van der Waals surface area contributed by atoms with Gasteiger partial charge in [-0.3, -0.25) is 0 Å². The van der Waals surface area contributed by atoms with Crippen LogP contribution in [0.2, 0.25) is 0 Å². The summed E-state index contributed by atoms with van der Waals surface area (Å²) in [4.78, 5) is 16.3. The third-order valence-electron chi connectivity index (χ3n) is 3.06. The topological polar surface area (TPSA) is 78.2 Å². The van der Waals surface area contributed by atoms with Crippen LogP contribution in [0, 0.1) is 18.3 Å². The monoisotopic (exact) mass is 263 g/mol. The van der Waals surface area contributed by atoms with Crippen LogP contribution in [0.25, 0.3) is 22.3 Å². The van der Waals surface area contributed by atoms with Gasteiger partial charge in [0.15, 0.2) is 0 Å². The molecule has 0 spiro atoms. The molecule has 0 aliphatic carbocycles. The highest BCUT2D eigenvalue weighted by molar-refractivity contribution is 5.81. The Morgan fingerprint density at radius 1 is 1.25 bits per heavy atom. The van der Waals surface area contributed by atoms with Crippen LogP contribution in [0.1, 0.15) is 18.1 Å². The molecule has 5 nitrogen and oxygen atoms in total.